The molecular weight excluding hydrogens is 290 g/mol. The Bertz CT molecular complexity index is 751. The van der Waals surface area contributed by atoms with Crippen LogP contribution < -0.4 is 0 Å². The van der Waals surface area contributed by atoms with Crippen LogP contribution in [0.2, 0.25) is 0 Å². The molecule has 0 aliphatic carbocycles. The van der Waals surface area contributed by atoms with E-state index in [2.05, 4.69) is 33.3 Å². The van der Waals surface area contributed by atoms with E-state index < -0.39 is 0 Å². The second kappa shape index (κ2) is 6.56. The minimum Gasteiger partial charge on any atom is -0.464 e. The zero-order valence-corrected chi connectivity index (χ0v) is 13.1. The van der Waals surface area contributed by atoms with Crippen LogP contribution in [0.1, 0.15) is 11.3 Å². The number of fused-ring (bicyclic) bond motifs is 1. The van der Waals surface area contributed by atoms with Gasteiger partial charge in [-0.3, -0.25) is 10.00 Å². The number of aromatic nitrogens is 2. The highest BCUT2D eigenvalue weighted by Gasteiger charge is 2.19. The third-order valence-electron chi connectivity index (χ3n) is 4.42. The lowest BCUT2D eigenvalue weighted by Crippen LogP contribution is -2.30. The van der Waals surface area contributed by atoms with Gasteiger partial charge in [0.15, 0.2) is 0 Å². The number of rotatable bonds is 4. The van der Waals surface area contributed by atoms with Crippen molar-refractivity contribution in [2.75, 3.05) is 26.3 Å². The van der Waals surface area contributed by atoms with E-state index in [1.54, 1.807) is 12.5 Å². The number of H-pyrrole nitrogens is 1. The van der Waals surface area contributed by atoms with Crippen molar-refractivity contribution < 1.29 is 9.15 Å². The van der Waals surface area contributed by atoms with Crippen LogP contribution in [-0.4, -0.2) is 41.4 Å². The summed E-state index contributed by atoms with van der Waals surface area (Å²) in [5, 5.41) is 8.23. The van der Waals surface area contributed by atoms with Crippen LogP contribution in [0, 0.1) is 5.92 Å². The minimum absolute atomic E-state index is 0.493. The molecule has 1 aliphatic rings. The molecule has 1 fully saturated rings. The van der Waals surface area contributed by atoms with Crippen molar-refractivity contribution in [3.8, 4) is 0 Å². The van der Waals surface area contributed by atoms with E-state index >= 15 is 0 Å². The fourth-order valence-electron chi connectivity index (χ4n) is 3.29. The molecule has 1 aromatic carbocycles. The molecule has 2 aromatic heterocycles. The van der Waals surface area contributed by atoms with Crippen LogP contribution in [0.5, 0.6) is 0 Å². The summed E-state index contributed by atoms with van der Waals surface area (Å²) >= 11 is 0. The van der Waals surface area contributed by atoms with Crippen LogP contribution in [0.25, 0.3) is 11.0 Å². The van der Waals surface area contributed by atoms with Crippen molar-refractivity contribution in [2.45, 2.75) is 13.0 Å². The highest BCUT2D eigenvalue weighted by molar-refractivity contribution is 5.77. The Labute approximate surface area is 135 Å². The van der Waals surface area contributed by atoms with Gasteiger partial charge in [0.1, 0.15) is 5.58 Å². The van der Waals surface area contributed by atoms with Crippen molar-refractivity contribution in [1.29, 1.82) is 0 Å². The maximum absolute atomic E-state index is 5.81. The van der Waals surface area contributed by atoms with E-state index in [-0.39, 0.29) is 0 Å². The molecule has 0 amide bonds. The topological polar surface area (TPSA) is 54.3 Å². The van der Waals surface area contributed by atoms with Crippen LogP contribution in [0.15, 0.2) is 47.2 Å². The zero-order valence-electron chi connectivity index (χ0n) is 13.1. The second-order valence-electron chi connectivity index (χ2n) is 6.25. The van der Waals surface area contributed by atoms with E-state index in [0.29, 0.717) is 5.92 Å². The lowest BCUT2D eigenvalue weighted by Gasteiger charge is -2.22. The maximum atomic E-state index is 5.81. The summed E-state index contributed by atoms with van der Waals surface area (Å²) in [5.74, 6) is 0.493. The molecule has 4 rings (SSSR count). The number of nitrogens with zero attached hydrogens (tertiary/aromatic N) is 2. The molecule has 0 bridgehead atoms. The molecule has 1 unspecified atom stereocenters. The first kappa shape index (κ1) is 14.5. The van der Waals surface area contributed by atoms with Crippen molar-refractivity contribution in [2.24, 2.45) is 5.92 Å². The highest BCUT2D eigenvalue weighted by Crippen LogP contribution is 2.21. The Kier molecular flexibility index (Phi) is 4.13. The van der Waals surface area contributed by atoms with Crippen molar-refractivity contribution in [3.05, 3.63) is 54.0 Å². The zero-order chi connectivity index (χ0) is 15.5. The molecule has 1 saturated heterocycles. The van der Waals surface area contributed by atoms with Gasteiger partial charge in [-0.25, -0.2) is 0 Å². The molecule has 120 valence electrons. The minimum atomic E-state index is 0.493. The summed E-state index contributed by atoms with van der Waals surface area (Å²) < 4.78 is 11.3. The Morgan fingerprint density at radius 1 is 1.26 bits per heavy atom. The standard InChI is InChI=1S/C18H21N3O2/c1-2-16-4-7-23-18(16)10-14(1)9-15-11-21(6-8-22-13-15)12-17-3-5-19-20-17/h1-5,7,10,15H,6,8-9,11-13H2,(H,19,20). The normalized spacial score (nSPS) is 19.9. The molecule has 0 saturated carbocycles. The third kappa shape index (κ3) is 3.46. The van der Waals surface area contributed by atoms with E-state index in [0.717, 1.165) is 55.9 Å². The molecular formula is C18H21N3O2. The summed E-state index contributed by atoms with van der Waals surface area (Å²) in [7, 11) is 0. The molecule has 0 spiro atoms. The molecule has 1 aliphatic heterocycles. The third-order valence-corrected chi connectivity index (χ3v) is 4.42. The smallest absolute Gasteiger partial charge is 0.134 e. The molecule has 1 atom stereocenters. The van der Waals surface area contributed by atoms with E-state index in [9.17, 15) is 0 Å². The summed E-state index contributed by atoms with van der Waals surface area (Å²) in [6.07, 6.45) is 4.56. The van der Waals surface area contributed by atoms with Gasteiger partial charge >= 0.3 is 0 Å². The molecule has 3 heterocycles. The van der Waals surface area contributed by atoms with Gasteiger partial charge in [-0.2, -0.15) is 5.10 Å². The van der Waals surface area contributed by atoms with Gasteiger partial charge < -0.3 is 9.15 Å². The Morgan fingerprint density at radius 3 is 3.17 bits per heavy atom. The summed E-state index contributed by atoms with van der Waals surface area (Å²) in [5.41, 5.74) is 3.43. The molecule has 5 heteroatoms. The van der Waals surface area contributed by atoms with Gasteiger partial charge in [0, 0.05) is 36.9 Å². The lowest BCUT2D eigenvalue weighted by atomic mass is 9.99. The Hall–Kier alpha value is -2.11. The van der Waals surface area contributed by atoms with Crippen LogP contribution >= 0.6 is 0 Å². The van der Waals surface area contributed by atoms with Crippen LogP contribution in [0.4, 0.5) is 0 Å². The average molecular weight is 311 g/mol. The lowest BCUT2D eigenvalue weighted by molar-refractivity contribution is 0.121. The fourth-order valence-corrected chi connectivity index (χ4v) is 3.29. The molecule has 1 N–H and O–H groups in total. The molecule has 23 heavy (non-hydrogen) atoms. The Balaban J connectivity index is 1.44. The molecule has 5 nitrogen and oxygen atoms in total. The number of ether oxygens (including phenoxy) is 1. The van der Waals surface area contributed by atoms with Gasteiger partial charge in [-0.15, -0.1) is 0 Å². The first-order valence-corrected chi connectivity index (χ1v) is 8.11. The van der Waals surface area contributed by atoms with Crippen molar-refractivity contribution in [3.63, 3.8) is 0 Å². The molecule has 0 radical (unpaired) electrons. The Morgan fingerprint density at radius 2 is 2.26 bits per heavy atom. The van der Waals surface area contributed by atoms with E-state index in [1.165, 1.54) is 5.56 Å². The average Bonchev–Trinajstić information content (AvgIpc) is 3.17. The SMILES string of the molecule is c1cc(CN2CCOCC(Cc3ccc4ccoc4c3)C2)[nH]n1. The highest BCUT2D eigenvalue weighted by atomic mass is 16.5. The monoisotopic (exact) mass is 311 g/mol. The first-order chi connectivity index (χ1) is 11.4. The summed E-state index contributed by atoms with van der Waals surface area (Å²) in [4.78, 5) is 2.44. The molecule has 3 aromatic rings. The van der Waals surface area contributed by atoms with Crippen LogP contribution in [0.3, 0.4) is 0 Å². The van der Waals surface area contributed by atoms with Gasteiger partial charge in [0.25, 0.3) is 0 Å². The predicted octanol–water partition coefficient (Wildman–Crippen LogP) is 2.85. The number of aromatic amines is 1. The quantitative estimate of drug-likeness (QED) is 0.805. The summed E-state index contributed by atoms with van der Waals surface area (Å²) in [6, 6.07) is 10.5. The van der Waals surface area contributed by atoms with Gasteiger partial charge in [-0.05, 0) is 36.1 Å². The van der Waals surface area contributed by atoms with Crippen molar-refractivity contribution in [1.82, 2.24) is 15.1 Å². The van der Waals surface area contributed by atoms with Gasteiger partial charge in [0.05, 0.1) is 19.5 Å². The number of furan rings is 1. The van der Waals surface area contributed by atoms with E-state index in [1.807, 2.05) is 12.1 Å². The number of benzene rings is 1. The fraction of sp³-hybridized carbons (Fsp3) is 0.389. The number of hydrogen-bond donors (Lipinski definition) is 1. The van der Waals surface area contributed by atoms with Gasteiger partial charge in [-0.1, -0.05) is 12.1 Å². The van der Waals surface area contributed by atoms with Crippen molar-refractivity contribution >= 4 is 11.0 Å². The van der Waals surface area contributed by atoms with Gasteiger partial charge in [0.2, 0.25) is 0 Å². The van der Waals surface area contributed by atoms with E-state index in [4.69, 9.17) is 9.15 Å². The maximum Gasteiger partial charge on any atom is 0.134 e. The largest absolute Gasteiger partial charge is 0.464 e. The number of hydrogen-bond acceptors (Lipinski definition) is 4. The second-order valence-corrected chi connectivity index (χ2v) is 6.25. The van der Waals surface area contributed by atoms with Crippen LogP contribution in [-0.2, 0) is 17.7 Å². The summed E-state index contributed by atoms with van der Waals surface area (Å²) in [6.45, 7) is 4.51. The predicted molar refractivity (Wildman–Crippen MR) is 88.1 cm³/mol. The number of nitrogens with one attached hydrogen (secondary N) is 1. The first-order valence-electron chi connectivity index (χ1n) is 8.11.